The van der Waals surface area contributed by atoms with Crippen LogP contribution in [0.15, 0.2) is 46.3 Å². The molecule has 0 aliphatic rings. The Morgan fingerprint density at radius 1 is 1.11 bits per heavy atom. The van der Waals surface area contributed by atoms with Crippen LogP contribution in [-0.4, -0.2) is 23.4 Å². The van der Waals surface area contributed by atoms with Crippen molar-refractivity contribution in [2.75, 3.05) is 13.2 Å². The molecule has 1 aromatic carbocycles. The molecule has 2 nitrogen and oxygen atoms in total. The normalized spacial score (nSPS) is 11.7. The molecule has 2 N–H and O–H groups in total. The Balaban J connectivity index is 2.21. The number of rotatable bonds is 6. The summed E-state index contributed by atoms with van der Waals surface area (Å²) in [5.74, 6) is 0. The number of thiophene rings is 1. The van der Waals surface area contributed by atoms with Crippen molar-refractivity contribution in [3.8, 4) is 0 Å². The van der Waals surface area contributed by atoms with Gasteiger partial charge in [0.15, 0.2) is 0 Å². The van der Waals surface area contributed by atoms with Gasteiger partial charge in [0.25, 0.3) is 0 Å². The molecule has 0 saturated carbocycles. The first-order valence-corrected chi connectivity index (χ1v) is 7.87. The van der Waals surface area contributed by atoms with Gasteiger partial charge < -0.3 is 10.2 Å². The molecule has 0 saturated heterocycles. The molecule has 19 heavy (non-hydrogen) atoms. The Morgan fingerprint density at radius 3 is 2.47 bits per heavy atom. The van der Waals surface area contributed by atoms with E-state index in [0.717, 1.165) is 22.9 Å². The minimum atomic E-state index is -0.576. The summed E-state index contributed by atoms with van der Waals surface area (Å²) in [5, 5.41) is 21.6. The van der Waals surface area contributed by atoms with Crippen molar-refractivity contribution < 1.29 is 10.2 Å². The minimum absolute atomic E-state index is 0.0503. The van der Waals surface area contributed by atoms with Crippen molar-refractivity contribution in [1.29, 1.82) is 0 Å². The van der Waals surface area contributed by atoms with Crippen LogP contribution in [0.4, 0.5) is 0 Å². The molecule has 2 aromatic rings. The molecule has 4 heteroatoms. The molecular formula is C15H17BrO2S. The molecule has 0 radical (unpaired) electrons. The highest BCUT2D eigenvalue weighted by Crippen LogP contribution is 2.31. The van der Waals surface area contributed by atoms with Gasteiger partial charge in [-0.2, -0.15) is 0 Å². The summed E-state index contributed by atoms with van der Waals surface area (Å²) in [6.45, 7) is -0.101. The van der Waals surface area contributed by atoms with Gasteiger partial charge in [0.1, 0.15) is 0 Å². The Hall–Kier alpha value is -0.680. The highest BCUT2D eigenvalue weighted by Gasteiger charge is 2.31. The molecule has 2 rings (SSSR count). The lowest BCUT2D eigenvalue weighted by atomic mass is 9.78. The third-order valence-corrected chi connectivity index (χ3v) is 4.90. The predicted molar refractivity (Wildman–Crippen MR) is 82.6 cm³/mol. The first kappa shape index (κ1) is 14.7. The first-order valence-electron chi connectivity index (χ1n) is 6.20. The number of hydrogen-bond donors (Lipinski definition) is 2. The van der Waals surface area contributed by atoms with Crippen LogP contribution in [0.5, 0.6) is 0 Å². The molecule has 1 aromatic heterocycles. The quantitative estimate of drug-likeness (QED) is 0.846. The van der Waals surface area contributed by atoms with Gasteiger partial charge in [-0.15, -0.1) is 11.3 Å². The van der Waals surface area contributed by atoms with Crippen LogP contribution >= 0.6 is 27.3 Å². The van der Waals surface area contributed by atoms with Crippen LogP contribution in [-0.2, 0) is 11.8 Å². The maximum absolute atomic E-state index is 9.78. The summed E-state index contributed by atoms with van der Waals surface area (Å²) in [4.78, 5) is 1.28. The molecule has 0 amide bonds. The summed E-state index contributed by atoms with van der Waals surface area (Å²) >= 11 is 5.15. The van der Waals surface area contributed by atoms with E-state index in [1.807, 2.05) is 35.7 Å². The van der Waals surface area contributed by atoms with Crippen molar-refractivity contribution in [3.63, 3.8) is 0 Å². The Morgan fingerprint density at radius 2 is 1.89 bits per heavy atom. The average Bonchev–Trinajstić information content (AvgIpc) is 2.94. The van der Waals surface area contributed by atoms with E-state index in [0.29, 0.717) is 0 Å². The monoisotopic (exact) mass is 340 g/mol. The highest BCUT2D eigenvalue weighted by molar-refractivity contribution is 9.10. The molecule has 1 heterocycles. The van der Waals surface area contributed by atoms with Gasteiger partial charge in [0.05, 0.1) is 13.2 Å². The maximum atomic E-state index is 9.78. The number of aliphatic hydroxyl groups is 2. The molecule has 0 spiro atoms. The van der Waals surface area contributed by atoms with Crippen LogP contribution in [0.3, 0.4) is 0 Å². The minimum Gasteiger partial charge on any atom is -0.395 e. The summed E-state index contributed by atoms with van der Waals surface area (Å²) in [6, 6.07) is 11.9. The van der Waals surface area contributed by atoms with Gasteiger partial charge in [0, 0.05) is 14.8 Å². The average molecular weight is 341 g/mol. The molecule has 102 valence electrons. The van der Waals surface area contributed by atoms with Gasteiger partial charge in [0.2, 0.25) is 0 Å². The molecule has 0 aliphatic carbocycles. The molecule has 0 atom stereocenters. The van der Waals surface area contributed by atoms with Crippen molar-refractivity contribution in [2.24, 2.45) is 0 Å². The zero-order valence-electron chi connectivity index (χ0n) is 10.6. The third-order valence-electron chi connectivity index (χ3n) is 3.47. The molecule has 0 aliphatic heterocycles. The third kappa shape index (κ3) is 3.45. The smallest absolute Gasteiger partial charge is 0.0550 e. The van der Waals surface area contributed by atoms with Crippen molar-refractivity contribution in [3.05, 3.63) is 56.7 Å². The van der Waals surface area contributed by atoms with E-state index in [-0.39, 0.29) is 13.2 Å². The van der Waals surface area contributed by atoms with Crippen molar-refractivity contribution in [1.82, 2.24) is 0 Å². The van der Waals surface area contributed by atoms with E-state index in [1.54, 1.807) is 11.3 Å². The standard InChI is InChI=1S/C15H17BrO2S/c16-13-4-1-3-12(9-13)15(10-17,11-18)7-6-14-5-2-8-19-14/h1-5,8-9,17-18H,6-7,10-11H2. The van der Waals surface area contributed by atoms with E-state index < -0.39 is 5.41 Å². The van der Waals surface area contributed by atoms with Gasteiger partial charge >= 0.3 is 0 Å². The number of hydrogen-bond acceptors (Lipinski definition) is 3. The number of halogens is 1. The summed E-state index contributed by atoms with van der Waals surface area (Å²) in [5.41, 5.74) is 0.400. The van der Waals surface area contributed by atoms with Crippen LogP contribution in [0, 0.1) is 0 Å². The van der Waals surface area contributed by atoms with Crippen LogP contribution in [0.2, 0.25) is 0 Å². The highest BCUT2D eigenvalue weighted by atomic mass is 79.9. The molecular weight excluding hydrogens is 324 g/mol. The molecule has 0 bridgehead atoms. The summed E-state index contributed by atoms with van der Waals surface area (Å²) in [7, 11) is 0. The lowest BCUT2D eigenvalue weighted by molar-refractivity contribution is 0.110. The number of aliphatic hydroxyl groups excluding tert-OH is 2. The zero-order chi connectivity index (χ0) is 13.7. The SMILES string of the molecule is OCC(CO)(CCc1cccs1)c1cccc(Br)c1. The zero-order valence-corrected chi connectivity index (χ0v) is 13.0. The van der Waals surface area contributed by atoms with Gasteiger partial charge in [-0.1, -0.05) is 34.1 Å². The second kappa shape index (κ2) is 6.66. The predicted octanol–water partition coefficient (Wildman–Crippen LogP) is 3.37. The Kier molecular flexibility index (Phi) is 5.16. The van der Waals surface area contributed by atoms with Gasteiger partial charge in [-0.05, 0) is 42.0 Å². The maximum Gasteiger partial charge on any atom is 0.0550 e. The number of benzene rings is 1. The van der Waals surface area contributed by atoms with Crippen molar-refractivity contribution in [2.45, 2.75) is 18.3 Å². The van der Waals surface area contributed by atoms with E-state index >= 15 is 0 Å². The Bertz CT molecular complexity index is 507. The van der Waals surface area contributed by atoms with E-state index in [2.05, 4.69) is 22.0 Å². The first-order chi connectivity index (χ1) is 9.20. The van der Waals surface area contributed by atoms with Crippen LogP contribution in [0.1, 0.15) is 16.9 Å². The summed E-state index contributed by atoms with van der Waals surface area (Å²) in [6.07, 6.45) is 1.60. The van der Waals surface area contributed by atoms with Crippen molar-refractivity contribution >= 4 is 27.3 Å². The molecule has 0 fully saturated rings. The number of aryl methyl sites for hydroxylation is 1. The second-order valence-electron chi connectivity index (χ2n) is 4.69. The Labute approximate surface area is 125 Å². The van der Waals surface area contributed by atoms with Crippen LogP contribution in [0.25, 0.3) is 0 Å². The van der Waals surface area contributed by atoms with Crippen LogP contribution < -0.4 is 0 Å². The molecule has 0 unspecified atom stereocenters. The second-order valence-corrected chi connectivity index (χ2v) is 6.63. The lowest BCUT2D eigenvalue weighted by Gasteiger charge is -2.30. The van der Waals surface area contributed by atoms with E-state index in [4.69, 9.17) is 0 Å². The fourth-order valence-corrected chi connectivity index (χ4v) is 3.28. The van der Waals surface area contributed by atoms with E-state index in [1.165, 1.54) is 4.88 Å². The topological polar surface area (TPSA) is 40.5 Å². The summed E-state index contributed by atoms with van der Waals surface area (Å²) < 4.78 is 0.965. The fraction of sp³-hybridized carbons (Fsp3) is 0.333. The fourth-order valence-electron chi connectivity index (χ4n) is 2.17. The van der Waals surface area contributed by atoms with Gasteiger partial charge in [-0.3, -0.25) is 0 Å². The van der Waals surface area contributed by atoms with E-state index in [9.17, 15) is 10.2 Å². The largest absolute Gasteiger partial charge is 0.395 e. The van der Waals surface area contributed by atoms with Gasteiger partial charge in [-0.25, -0.2) is 0 Å². The lowest BCUT2D eigenvalue weighted by Crippen LogP contribution is -2.35.